The average Bonchev–Trinajstić information content (AvgIpc) is 2.98. The Kier molecular flexibility index (Phi) is 6.00. The van der Waals surface area contributed by atoms with Crippen molar-refractivity contribution in [2.45, 2.75) is 32.5 Å². The molecule has 1 aromatic heterocycles. The van der Waals surface area contributed by atoms with Gasteiger partial charge in [0.05, 0.1) is 11.7 Å². The molecule has 0 N–H and O–H groups in total. The standard InChI is InChI=1S/C16H13F6N3O3/c1-9(2)27-13(26)3-4-25-8-23-14(24-25)10-5-11(15(17,18)19)7-12(6-10)28-16(20,21)22/h3-9H,1-2H3/b4-3-. The minimum Gasteiger partial charge on any atom is -0.460 e. The maximum absolute atomic E-state index is 13.0. The molecule has 0 fully saturated rings. The van der Waals surface area contributed by atoms with E-state index in [1.807, 2.05) is 0 Å². The molecule has 0 unspecified atom stereocenters. The minimum atomic E-state index is -5.17. The Bertz CT molecular complexity index is 871. The third-order valence-corrected chi connectivity index (χ3v) is 2.95. The molecule has 6 nitrogen and oxygen atoms in total. The van der Waals surface area contributed by atoms with E-state index in [1.54, 1.807) is 13.8 Å². The number of esters is 1. The van der Waals surface area contributed by atoms with E-state index in [2.05, 4.69) is 14.8 Å². The van der Waals surface area contributed by atoms with Crippen molar-refractivity contribution < 1.29 is 40.6 Å². The molecule has 1 aromatic carbocycles. The predicted molar refractivity (Wildman–Crippen MR) is 83.7 cm³/mol. The third kappa shape index (κ3) is 6.28. The molecule has 152 valence electrons. The van der Waals surface area contributed by atoms with Crippen molar-refractivity contribution in [3.05, 3.63) is 36.2 Å². The van der Waals surface area contributed by atoms with E-state index in [0.717, 1.165) is 29.4 Å². The lowest BCUT2D eigenvalue weighted by molar-refractivity contribution is -0.274. The molecule has 1 heterocycles. The van der Waals surface area contributed by atoms with E-state index in [0.29, 0.717) is 6.07 Å². The summed E-state index contributed by atoms with van der Waals surface area (Å²) in [6, 6.07) is 1.52. The zero-order valence-electron chi connectivity index (χ0n) is 14.4. The summed E-state index contributed by atoms with van der Waals surface area (Å²) in [5.41, 5.74) is -1.72. The van der Waals surface area contributed by atoms with Crippen molar-refractivity contribution >= 4 is 12.2 Å². The molecule has 28 heavy (non-hydrogen) atoms. The second-order valence-corrected chi connectivity index (χ2v) is 5.64. The van der Waals surface area contributed by atoms with Gasteiger partial charge in [-0.3, -0.25) is 0 Å². The van der Waals surface area contributed by atoms with Crippen LogP contribution < -0.4 is 4.74 Å². The number of nitrogens with zero attached hydrogens (tertiary/aromatic N) is 3. The maximum atomic E-state index is 13.0. The van der Waals surface area contributed by atoms with Gasteiger partial charge in [-0.15, -0.1) is 18.3 Å². The lowest BCUT2D eigenvalue weighted by Crippen LogP contribution is -2.18. The van der Waals surface area contributed by atoms with Gasteiger partial charge in [0.25, 0.3) is 0 Å². The first kappa shape index (κ1) is 21.3. The molecule has 0 spiro atoms. The topological polar surface area (TPSA) is 66.2 Å². The van der Waals surface area contributed by atoms with Crippen molar-refractivity contribution in [1.82, 2.24) is 14.8 Å². The molecule has 2 aromatic rings. The van der Waals surface area contributed by atoms with Crippen LogP contribution in [0.3, 0.4) is 0 Å². The molecule has 0 aliphatic carbocycles. The number of benzene rings is 1. The molecule has 12 heteroatoms. The number of carbonyl (C=O) groups is 1. The molecule has 0 saturated carbocycles. The van der Waals surface area contributed by atoms with Gasteiger partial charge in [-0.2, -0.15) is 13.2 Å². The highest BCUT2D eigenvalue weighted by Gasteiger charge is 2.35. The number of alkyl halides is 6. The van der Waals surface area contributed by atoms with Crippen molar-refractivity contribution in [2.75, 3.05) is 0 Å². The highest BCUT2D eigenvalue weighted by molar-refractivity contribution is 5.85. The number of ether oxygens (including phenoxy) is 2. The van der Waals surface area contributed by atoms with Crippen LogP contribution in [0.2, 0.25) is 0 Å². The van der Waals surface area contributed by atoms with Gasteiger partial charge in [-0.05, 0) is 32.0 Å². The number of rotatable bonds is 5. The van der Waals surface area contributed by atoms with E-state index in [1.165, 1.54) is 0 Å². The SMILES string of the molecule is CC(C)OC(=O)/C=C\n1cnc(-c2cc(OC(F)(F)F)cc(C(F)(F)F)c2)n1. The van der Waals surface area contributed by atoms with Gasteiger partial charge in [0.15, 0.2) is 5.82 Å². The van der Waals surface area contributed by atoms with Gasteiger partial charge in [0, 0.05) is 17.8 Å². The normalized spacial score (nSPS) is 12.6. The van der Waals surface area contributed by atoms with Gasteiger partial charge >= 0.3 is 18.5 Å². The van der Waals surface area contributed by atoms with Crippen molar-refractivity contribution in [2.24, 2.45) is 0 Å². The first-order chi connectivity index (χ1) is 12.8. The number of hydrogen-bond acceptors (Lipinski definition) is 5. The zero-order chi connectivity index (χ0) is 21.1. The Morgan fingerprint density at radius 3 is 2.39 bits per heavy atom. The fourth-order valence-corrected chi connectivity index (χ4v) is 1.97. The monoisotopic (exact) mass is 409 g/mol. The number of hydrogen-bond donors (Lipinski definition) is 0. The molecule has 0 aliphatic rings. The van der Waals surface area contributed by atoms with Gasteiger partial charge in [-0.25, -0.2) is 14.5 Å². The molecule has 0 amide bonds. The van der Waals surface area contributed by atoms with Gasteiger partial charge in [0.1, 0.15) is 12.1 Å². The lowest BCUT2D eigenvalue weighted by Gasteiger charge is -2.13. The number of aromatic nitrogens is 3. The van der Waals surface area contributed by atoms with Crippen LogP contribution in [0, 0.1) is 0 Å². The second kappa shape index (κ2) is 7.90. The Labute approximate surface area is 154 Å². The smallest absolute Gasteiger partial charge is 0.460 e. The molecule has 0 radical (unpaired) electrons. The van der Waals surface area contributed by atoms with E-state index < -0.39 is 29.8 Å². The average molecular weight is 409 g/mol. The second-order valence-electron chi connectivity index (χ2n) is 5.64. The largest absolute Gasteiger partial charge is 0.573 e. The molecular weight excluding hydrogens is 396 g/mol. The molecule has 2 rings (SSSR count). The summed E-state index contributed by atoms with van der Waals surface area (Å²) in [6.45, 7) is 3.26. The van der Waals surface area contributed by atoms with Crippen molar-refractivity contribution in [3.63, 3.8) is 0 Å². The predicted octanol–water partition coefficient (Wildman–Crippen LogP) is 4.28. The Morgan fingerprint density at radius 2 is 1.82 bits per heavy atom. The fraction of sp³-hybridized carbons (Fsp3) is 0.312. The fourth-order valence-electron chi connectivity index (χ4n) is 1.97. The first-order valence-corrected chi connectivity index (χ1v) is 7.62. The van der Waals surface area contributed by atoms with Crippen LogP contribution in [0.5, 0.6) is 5.75 Å². The zero-order valence-corrected chi connectivity index (χ0v) is 14.4. The van der Waals surface area contributed by atoms with Crippen LogP contribution in [-0.2, 0) is 15.7 Å². The van der Waals surface area contributed by atoms with E-state index in [-0.39, 0.29) is 23.6 Å². The third-order valence-electron chi connectivity index (χ3n) is 2.95. The van der Waals surface area contributed by atoms with Crippen LogP contribution in [0.1, 0.15) is 19.4 Å². The first-order valence-electron chi connectivity index (χ1n) is 7.62. The van der Waals surface area contributed by atoms with Crippen LogP contribution in [0.25, 0.3) is 17.6 Å². The summed E-state index contributed by atoms with van der Waals surface area (Å²) >= 11 is 0. The van der Waals surface area contributed by atoms with Gasteiger partial charge < -0.3 is 9.47 Å². The molecular formula is C16H13F6N3O3. The van der Waals surface area contributed by atoms with E-state index >= 15 is 0 Å². The van der Waals surface area contributed by atoms with Gasteiger partial charge in [-0.1, -0.05) is 0 Å². The van der Waals surface area contributed by atoms with Crippen LogP contribution in [0.4, 0.5) is 26.3 Å². The van der Waals surface area contributed by atoms with Crippen LogP contribution in [-0.4, -0.2) is 33.2 Å². The summed E-state index contributed by atoms with van der Waals surface area (Å²) in [5.74, 6) is -2.06. The quantitative estimate of drug-likeness (QED) is 0.419. The van der Waals surface area contributed by atoms with Crippen molar-refractivity contribution in [1.29, 1.82) is 0 Å². The molecule has 0 aliphatic heterocycles. The summed E-state index contributed by atoms with van der Waals surface area (Å²) < 4.78 is 85.5. The highest BCUT2D eigenvalue weighted by Crippen LogP contribution is 2.36. The Hall–Kier alpha value is -3.05. The van der Waals surface area contributed by atoms with E-state index in [4.69, 9.17) is 4.74 Å². The molecule has 0 bridgehead atoms. The summed E-state index contributed by atoms with van der Waals surface area (Å²) in [5, 5.41) is 3.80. The minimum absolute atomic E-state index is 0.218. The number of halogens is 6. The lowest BCUT2D eigenvalue weighted by atomic mass is 10.1. The van der Waals surface area contributed by atoms with E-state index in [9.17, 15) is 31.1 Å². The highest BCUT2D eigenvalue weighted by atomic mass is 19.4. The van der Waals surface area contributed by atoms with Crippen LogP contribution in [0.15, 0.2) is 30.6 Å². The molecule has 0 saturated heterocycles. The van der Waals surface area contributed by atoms with Crippen LogP contribution >= 0.6 is 0 Å². The summed E-state index contributed by atoms with van der Waals surface area (Å²) in [4.78, 5) is 15.1. The van der Waals surface area contributed by atoms with Crippen molar-refractivity contribution in [3.8, 4) is 17.1 Å². The number of carbonyl (C=O) groups excluding carboxylic acids is 1. The maximum Gasteiger partial charge on any atom is 0.573 e. The summed E-state index contributed by atoms with van der Waals surface area (Å²) in [7, 11) is 0. The Balaban J connectivity index is 2.34. The molecule has 0 atom stereocenters. The Morgan fingerprint density at radius 1 is 1.14 bits per heavy atom. The van der Waals surface area contributed by atoms with Gasteiger partial charge in [0.2, 0.25) is 0 Å². The summed E-state index contributed by atoms with van der Waals surface area (Å²) in [6.07, 6.45) is -7.26.